The van der Waals surface area contributed by atoms with Gasteiger partial charge in [0.2, 0.25) is 0 Å². The molecule has 0 saturated carbocycles. The number of hydrogen-bond donors (Lipinski definition) is 1. The van der Waals surface area contributed by atoms with E-state index in [2.05, 4.69) is 48.5 Å². The fourth-order valence-electron chi connectivity index (χ4n) is 2.25. The number of para-hydroxylation sites is 1. The van der Waals surface area contributed by atoms with Gasteiger partial charge in [-0.2, -0.15) is 5.10 Å². The van der Waals surface area contributed by atoms with Crippen LogP contribution in [-0.4, -0.2) is 16.3 Å². The van der Waals surface area contributed by atoms with Gasteiger partial charge in [-0.3, -0.25) is 4.68 Å². The highest BCUT2D eigenvalue weighted by Gasteiger charge is 2.16. The lowest BCUT2D eigenvalue weighted by molar-refractivity contribution is 0.503. The van der Waals surface area contributed by atoms with Gasteiger partial charge in [-0.25, -0.2) is 0 Å². The Morgan fingerprint density at radius 3 is 2.76 bits per heavy atom. The minimum absolute atomic E-state index is 0.362. The first-order valence-electron chi connectivity index (χ1n) is 6.43. The standard InChI is InChI=1S/C14H21N3/c1-4-10-15-12(5-2)14-11-8-6-7-9-13(11)17(3)16-14/h6-9,12,15H,4-5,10H2,1-3H3. The second kappa shape index (κ2) is 5.32. The van der Waals surface area contributed by atoms with E-state index in [9.17, 15) is 0 Å². The van der Waals surface area contributed by atoms with Crippen molar-refractivity contribution < 1.29 is 0 Å². The van der Waals surface area contributed by atoms with Crippen molar-refractivity contribution in [3.05, 3.63) is 30.0 Å². The van der Waals surface area contributed by atoms with E-state index in [1.54, 1.807) is 0 Å². The van der Waals surface area contributed by atoms with Gasteiger partial charge >= 0.3 is 0 Å². The molecule has 17 heavy (non-hydrogen) atoms. The summed E-state index contributed by atoms with van der Waals surface area (Å²) in [5, 5.41) is 9.50. The van der Waals surface area contributed by atoms with E-state index in [1.165, 1.54) is 16.6 Å². The molecule has 0 fully saturated rings. The lowest BCUT2D eigenvalue weighted by Crippen LogP contribution is -2.22. The summed E-state index contributed by atoms with van der Waals surface area (Å²) in [5.74, 6) is 0. The molecule has 0 amide bonds. The van der Waals surface area contributed by atoms with Crippen molar-refractivity contribution in [3.63, 3.8) is 0 Å². The molecule has 0 aliphatic carbocycles. The Balaban J connectivity index is 2.39. The highest BCUT2D eigenvalue weighted by molar-refractivity contribution is 5.82. The fourth-order valence-corrected chi connectivity index (χ4v) is 2.25. The summed E-state index contributed by atoms with van der Waals surface area (Å²) in [6.45, 7) is 5.44. The van der Waals surface area contributed by atoms with E-state index in [-0.39, 0.29) is 0 Å². The Kier molecular flexibility index (Phi) is 3.79. The second-order valence-corrected chi connectivity index (χ2v) is 4.44. The summed E-state index contributed by atoms with van der Waals surface area (Å²) >= 11 is 0. The van der Waals surface area contributed by atoms with Crippen molar-refractivity contribution >= 4 is 10.9 Å². The van der Waals surface area contributed by atoms with Crippen LogP contribution in [0.2, 0.25) is 0 Å². The van der Waals surface area contributed by atoms with Gasteiger partial charge in [0.1, 0.15) is 0 Å². The first kappa shape index (κ1) is 12.1. The Labute approximate surface area is 103 Å². The van der Waals surface area contributed by atoms with E-state index in [0.29, 0.717) is 6.04 Å². The molecule has 0 bridgehead atoms. The predicted molar refractivity (Wildman–Crippen MR) is 72.0 cm³/mol. The van der Waals surface area contributed by atoms with E-state index in [4.69, 9.17) is 0 Å². The molecule has 2 aromatic rings. The number of rotatable bonds is 5. The molecule has 3 nitrogen and oxygen atoms in total. The Morgan fingerprint density at radius 1 is 1.29 bits per heavy atom. The number of nitrogens with one attached hydrogen (secondary N) is 1. The number of hydrogen-bond acceptors (Lipinski definition) is 2. The zero-order valence-corrected chi connectivity index (χ0v) is 10.9. The van der Waals surface area contributed by atoms with Gasteiger partial charge in [-0.15, -0.1) is 0 Å². The van der Waals surface area contributed by atoms with E-state index >= 15 is 0 Å². The number of aromatic nitrogens is 2. The molecule has 0 spiro atoms. The average molecular weight is 231 g/mol. The molecule has 0 saturated heterocycles. The Hall–Kier alpha value is -1.35. The molecule has 1 atom stereocenters. The molecular formula is C14H21N3. The third-order valence-electron chi connectivity index (χ3n) is 3.17. The zero-order valence-electron chi connectivity index (χ0n) is 10.9. The maximum atomic E-state index is 4.67. The minimum Gasteiger partial charge on any atom is -0.309 e. The van der Waals surface area contributed by atoms with Crippen LogP contribution in [0.25, 0.3) is 10.9 Å². The van der Waals surface area contributed by atoms with Crippen molar-refractivity contribution in [1.29, 1.82) is 0 Å². The maximum absolute atomic E-state index is 4.67. The molecule has 1 N–H and O–H groups in total. The molecule has 0 aliphatic heterocycles. The molecule has 92 valence electrons. The third-order valence-corrected chi connectivity index (χ3v) is 3.17. The minimum atomic E-state index is 0.362. The lowest BCUT2D eigenvalue weighted by Gasteiger charge is -2.14. The van der Waals surface area contributed by atoms with E-state index in [0.717, 1.165) is 19.4 Å². The summed E-state index contributed by atoms with van der Waals surface area (Å²) < 4.78 is 1.97. The molecule has 0 aliphatic rings. The van der Waals surface area contributed by atoms with Crippen LogP contribution in [0.1, 0.15) is 38.4 Å². The summed E-state index contributed by atoms with van der Waals surface area (Å²) in [5.41, 5.74) is 2.39. The van der Waals surface area contributed by atoms with Crippen LogP contribution < -0.4 is 5.32 Å². The van der Waals surface area contributed by atoms with Gasteiger partial charge in [0.15, 0.2) is 0 Å². The third kappa shape index (κ3) is 2.34. The lowest BCUT2D eigenvalue weighted by atomic mass is 10.1. The predicted octanol–water partition coefficient (Wildman–Crippen LogP) is 3.02. The Bertz CT molecular complexity index is 487. The van der Waals surface area contributed by atoms with E-state index < -0.39 is 0 Å². The van der Waals surface area contributed by atoms with E-state index in [1.807, 2.05) is 11.7 Å². The number of nitrogens with zero attached hydrogens (tertiary/aromatic N) is 2. The fraction of sp³-hybridized carbons (Fsp3) is 0.500. The van der Waals surface area contributed by atoms with Gasteiger partial charge in [0, 0.05) is 12.4 Å². The summed E-state index contributed by atoms with van der Waals surface area (Å²) in [6.07, 6.45) is 2.22. The van der Waals surface area contributed by atoms with Gasteiger partial charge in [-0.05, 0) is 25.5 Å². The number of aryl methyl sites for hydroxylation is 1. The first-order chi connectivity index (χ1) is 8.27. The molecule has 1 aromatic carbocycles. The maximum Gasteiger partial charge on any atom is 0.0872 e. The smallest absolute Gasteiger partial charge is 0.0872 e. The van der Waals surface area contributed by atoms with Crippen molar-refractivity contribution in [2.45, 2.75) is 32.7 Å². The van der Waals surface area contributed by atoms with Gasteiger partial charge < -0.3 is 5.32 Å². The number of benzene rings is 1. The second-order valence-electron chi connectivity index (χ2n) is 4.44. The molecule has 3 heteroatoms. The van der Waals surface area contributed by atoms with Gasteiger partial charge in [-0.1, -0.05) is 32.0 Å². The normalized spacial score (nSPS) is 13.1. The first-order valence-corrected chi connectivity index (χ1v) is 6.43. The SMILES string of the molecule is CCCNC(CC)c1nn(C)c2ccccc12. The average Bonchev–Trinajstić information content (AvgIpc) is 2.69. The van der Waals surface area contributed by atoms with Crippen LogP contribution in [0.15, 0.2) is 24.3 Å². The summed E-state index contributed by atoms with van der Waals surface area (Å²) in [7, 11) is 2.01. The molecule has 1 aromatic heterocycles. The molecule has 0 radical (unpaired) electrons. The van der Waals surface area contributed by atoms with Crippen molar-refractivity contribution in [3.8, 4) is 0 Å². The summed E-state index contributed by atoms with van der Waals surface area (Å²) in [4.78, 5) is 0. The molecular weight excluding hydrogens is 210 g/mol. The van der Waals surface area contributed by atoms with Gasteiger partial charge in [0.25, 0.3) is 0 Å². The highest BCUT2D eigenvalue weighted by Crippen LogP contribution is 2.24. The number of fused-ring (bicyclic) bond motifs is 1. The van der Waals surface area contributed by atoms with Crippen LogP contribution in [0.5, 0.6) is 0 Å². The van der Waals surface area contributed by atoms with Crippen LogP contribution in [0.4, 0.5) is 0 Å². The zero-order chi connectivity index (χ0) is 12.3. The van der Waals surface area contributed by atoms with Crippen molar-refractivity contribution in [2.75, 3.05) is 6.54 Å². The molecule has 1 heterocycles. The largest absolute Gasteiger partial charge is 0.309 e. The van der Waals surface area contributed by atoms with Crippen LogP contribution in [-0.2, 0) is 7.05 Å². The van der Waals surface area contributed by atoms with Crippen molar-refractivity contribution in [1.82, 2.24) is 15.1 Å². The molecule has 2 rings (SSSR count). The Morgan fingerprint density at radius 2 is 2.06 bits per heavy atom. The molecule has 1 unspecified atom stereocenters. The topological polar surface area (TPSA) is 29.9 Å². The monoisotopic (exact) mass is 231 g/mol. The highest BCUT2D eigenvalue weighted by atomic mass is 15.3. The summed E-state index contributed by atoms with van der Waals surface area (Å²) in [6, 6.07) is 8.79. The van der Waals surface area contributed by atoms with Crippen LogP contribution in [0.3, 0.4) is 0 Å². The van der Waals surface area contributed by atoms with Gasteiger partial charge in [0.05, 0.1) is 17.3 Å². The quantitative estimate of drug-likeness (QED) is 0.857. The van der Waals surface area contributed by atoms with Crippen molar-refractivity contribution in [2.24, 2.45) is 7.05 Å². The van der Waals surface area contributed by atoms with Crippen LogP contribution in [0, 0.1) is 0 Å². The van der Waals surface area contributed by atoms with Crippen LogP contribution >= 0.6 is 0 Å².